The fraction of sp³-hybridized carbons (Fsp3) is 0.458. The number of carbonyl (C=O) groups excluding carboxylic acids is 1. The number of aromatic nitrogens is 4. The zero-order valence-corrected chi connectivity index (χ0v) is 22.3. The second kappa shape index (κ2) is 12.4. The lowest BCUT2D eigenvalue weighted by Crippen LogP contribution is -2.30. The number of rotatable bonds is 12. The van der Waals surface area contributed by atoms with Gasteiger partial charge in [0.05, 0.1) is 46.6 Å². The third-order valence-corrected chi connectivity index (χ3v) is 8.80. The van der Waals surface area contributed by atoms with Crippen molar-refractivity contribution >= 4 is 33.0 Å². The van der Waals surface area contributed by atoms with Crippen molar-refractivity contribution < 1.29 is 22.7 Å². The maximum atomic E-state index is 13.1. The lowest BCUT2D eigenvalue weighted by molar-refractivity contribution is 0.0923. The minimum Gasteiger partial charge on any atom is -0.477 e. The average Bonchev–Trinajstić information content (AvgIpc) is 3.60. The van der Waals surface area contributed by atoms with Crippen molar-refractivity contribution in [1.29, 1.82) is 0 Å². The van der Waals surface area contributed by atoms with Crippen LogP contribution in [0.5, 0.6) is 5.88 Å². The fourth-order valence-electron chi connectivity index (χ4n) is 4.08. The molecule has 0 unspecified atom stereocenters. The van der Waals surface area contributed by atoms with E-state index in [1.807, 2.05) is 6.92 Å². The van der Waals surface area contributed by atoms with Crippen LogP contribution in [0.25, 0.3) is 10.6 Å². The first-order valence-corrected chi connectivity index (χ1v) is 14.4. The number of nitrogens with one attached hydrogen (secondary N) is 2. The molecule has 4 rings (SSSR count). The summed E-state index contributed by atoms with van der Waals surface area (Å²) in [5.41, 5.74) is 1.49. The van der Waals surface area contributed by atoms with E-state index in [9.17, 15) is 13.2 Å². The molecule has 1 amide bonds. The lowest BCUT2D eigenvalue weighted by Gasteiger charge is -2.19. The van der Waals surface area contributed by atoms with Crippen molar-refractivity contribution in [1.82, 2.24) is 25.3 Å². The molecule has 3 aromatic rings. The van der Waals surface area contributed by atoms with Crippen molar-refractivity contribution in [3.05, 3.63) is 47.6 Å². The van der Waals surface area contributed by atoms with E-state index in [1.165, 1.54) is 23.7 Å². The third-order valence-electron chi connectivity index (χ3n) is 5.91. The molecule has 198 valence electrons. The summed E-state index contributed by atoms with van der Waals surface area (Å²) in [6.07, 6.45) is 9.81. The van der Waals surface area contributed by atoms with Crippen molar-refractivity contribution in [3.63, 3.8) is 0 Å². The molecule has 11 nitrogen and oxygen atoms in total. The molecule has 1 fully saturated rings. The van der Waals surface area contributed by atoms with E-state index in [0.29, 0.717) is 60.3 Å². The smallest absolute Gasteiger partial charge is 0.280 e. The van der Waals surface area contributed by atoms with Gasteiger partial charge < -0.3 is 14.8 Å². The predicted molar refractivity (Wildman–Crippen MR) is 140 cm³/mol. The zero-order valence-electron chi connectivity index (χ0n) is 20.7. The highest BCUT2D eigenvalue weighted by molar-refractivity contribution is 7.93. The molecule has 0 radical (unpaired) electrons. The normalized spacial score (nSPS) is 14.9. The van der Waals surface area contributed by atoms with E-state index in [2.05, 4.69) is 30.0 Å². The van der Waals surface area contributed by atoms with Crippen LogP contribution in [0, 0.1) is 0 Å². The largest absolute Gasteiger partial charge is 0.477 e. The summed E-state index contributed by atoms with van der Waals surface area (Å²) in [4.78, 5) is 30.9. The predicted octanol–water partition coefficient (Wildman–Crippen LogP) is 3.59. The number of nitrogens with zero attached hydrogens (tertiary/aromatic N) is 4. The van der Waals surface area contributed by atoms with Gasteiger partial charge in [0.2, 0.25) is 15.9 Å². The van der Waals surface area contributed by atoms with Gasteiger partial charge in [0.1, 0.15) is 5.69 Å². The Kier molecular flexibility index (Phi) is 9.00. The van der Waals surface area contributed by atoms with Gasteiger partial charge in [0.15, 0.2) is 5.01 Å². The summed E-state index contributed by atoms with van der Waals surface area (Å²) in [5, 5.41) is 2.82. The molecular formula is C24H30N6O5S2. The van der Waals surface area contributed by atoms with Crippen molar-refractivity contribution in [2.45, 2.75) is 50.3 Å². The SMILES string of the molecule is CCOc1cncc(-c2cnc(C(=O)N[C@@H](CCOC)c3cc(NS(=O)(=O)C4CCCC4)ccn3)s2)n1. The first kappa shape index (κ1) is 26.9. The van der Waals surface area contributed by atoms with Gasteiger partial charge in [-0.1, -0.05) is 12.8 Å². The van der Waals surface area contributed by atoms with Crippen LogP contribution in [0.1, 0.15) is 60.6 Å². The van der Waals surface area contributed by atoms with Crippen molar-refractivity contribution in [3.8, 4) is 16.5 Å². The monoisotopic (exact) mass is 546 g/mol. The molecule has 2 N–H and O–H groups in total. The molecule has 1 aliphatic rings. The number of pyridine rings is 1. The summed E-state index contributed by atoms with van der Waals surface area (Å²) >= 11 is 1.18. The van der Waals surface area contributed by atoms with Crippen LogP contribution in [0.2, 0.25) is 0 Å². The number of hydrogen-bond acceptors (Lipinski definition) is 10. The number of methoxy groups -OCH3 is 1. The minimum atomic E-state index is -3.49. The van der Waals surface area contributed by atoms with Crippen LogP contribution >= 0.6 is 11.3 Å². The number of hydrogen-bond donors (Lipinski definition) is 2. The summed E-state index contributed by atoms with van der Waals surface area (Å²) in [7, 11) is -1.91. The summed E-state index contributed by atoms with van der Waals surface area (Å²) < 4.78 is 38.8. The Morgan fingerprint density at radius 2 is 2.03 bits per heavy atom. The molecule has 3 heterocycles. The minimum absolute atomic E-state index is 0.249. The van der Waals surface area contributed by atoms with E-state index >= 15 is 0 Å². The quantitative estimate of drug-likeness (QED) is 0.348. The molecule has 1 saturated carbocycles. The van der Waals surface area contributed by atoms with Gasteiger partial charge >= 0.3 is 0 Å². The van der Waals surface area contributed by atoms with Gasteiger partial charge in [-0.25, -0.2) is 18.4 Å². The van der Waals surface area contributed by atoms with E-state index in [1.54, 1.807) is 31.6 Å². The number of amides is 1. The van der Waals surface area contributed by atoms with E-state index in [-0.39, 0.29) is 16.2 Å². The average molecular weight is 547 g/mol. The Bertz CT molecular complexity index is 1310. The summed E-state index contributed by atoms with van der Waals surface area (Å²) in [6, 6.07) is 2.74. The second-order valence-corrected chi connectivity index (χ2v) is 11.5. The second-order valence-electron chi connectivity index (χ2n) is 8.54. The van der Waals surface area contributed by atoms with Crippen LogP contribution < -0.4 is 14.8 Å². The Labute approximate surface area is 220 Å². The molecule has 37 heavy (non-hydrogen) atoms. The number of carbonyl (C=O) groups is 1. The Balaban J connectivity index is 1.49. The first-order chi connectivity index (χ1) is 17.9. The number of thiazole rings is 1. The van der Waals surface area contributed by atoms with E-state index < -0.39 is 16.1 Å². The third kappa shape index (κ3) is 6.99. The number of anilines is 1. The molecule has 3 aromatic heterocycles. The van der Waals surface area contributed by atoms with E-state index in [0.717, 1.165) is 12.8 Å². The molecule has 13 heteroatoms. The molecule has 1 aliphatic carbocycles. The molecular weight excluding hydrogens is 516 g/mol. The summed E-state index contributed by atoms with van der Waals surface area (Å²) in [5.74, 6) is 0.0126. The highest BCUT2D eigenvalue weighted by atomic mass is 32.2. The van der Waals surface area contributed by atoms with Gasteiger partial charge in [-0.3, -0.25) is 19.5 Å². The maximum absolute atomic E-state index is 13.1. The van der Waals surface area contributed by atoms with Crippen molar-refractivity contribution in [2.75, 3.05) is 25.0 Å². The maximum Gasteiger partial charge on any atom is 0.280 e. The summed E-state index contributed by atoms with van der Waals surface area (Å²) in [6.45, 7) is 2.70. The standard InChI is InChI=1S/C24H30N6O5S2/c1-3-35-22-15-25-13-20(28-22)21-14-27-24(36-21)23(31)29-18(9-11-34-2)19-12-16(8-10-26-19)30-37(32,33)17-6-4-5-7-17/h8,10,12-15,17-18H,3-7,9,11H2,1-2H3,(H,26,30)(H,29,31)/t18-/m0/s1. The Morgan fingerprint density at radius 3 is 2.78 bits per heavy atom. The molecule has 0 bridgehead atoms. The Hall–Kier alpha value is -3.16. The molecule has 0 aliphatic heterocycles. The van der Waals surface area contributed by atoms with Crippen LogP contribution in [0.15, 0.2) is 36.9 Å². The van der Waals surface area contributed by atoms with Crippen molar-refractivity contribution in [2.24, 2.45) is 0 Å². The molecule has 0 aromatic carbocycles. The highest BCUT2D eigenvalue weighted by Gasteiger charge is 2.29. The van der Waals surface area contributed by atoms with Gasteiger partial charge in [-0.05, 0) is 38.3 Å². The van der Waals surface area contributed by atoms with Gasteiger partial charge in [0, 0.05) is 26.1 Å². The lowest BCUT2D eigenvalue weighted by atomic mass is 10.1. The van der Waals surface area contributed by atoms with Gasteiger partial charge in [-0.15, -0.1) is 11.3 Å². The number of sulfonamides is 1. The first-order valence-electron chi connectivity index (χ1n) is 12.1. The van der Waals surface area contributed by atoms with Crippen LogP contribution in [0.4, 0.5) is 5.69 Å². The van der Waals surface area contributed by atoms with Crippen LogP contribution in [0.3, 0.4) is 0 Å². The van der Waals surface area contributed by atoms with Crippen LogP contribution in [-0.2, 0) is 14.8 Å². The van der Waals surface area contributed by atoms with Crippen LogP contribution in [-0.4, -0.2) is 59.8 Å². The zero-order chi connectivity index (χ0) is 26.3. The molecule has 1 atom stereocenters. The molecule has 0 saturated heterocycles. The Morgan fingerprint density at radius 1 is 1.22 bits per heavy atom. The molecule has 0 spiro atoms. The highest BCUT2D eigenvalue weighted by Crippen LogP contribution is 2.28. The topological polar surface area (TPSA) is 145 Å². The van der Waals surface area contributed by atoms with Gasteiger partial charge in [0.25, 0.3) is 5.91 Å². The van der Waals surface area contributed by atoms with E-state index in [4.69, 9.17) is 9.47 Å². The fourth-order valence-corrected chi connectivity index (χ4v) is 6.43. The number of ether oxygens (including phenoxy) is 2. The van der Waals surface area contributed by atoms with Gasteiger partial charge in [-0.2, -0.15) is 0 Å².